The summed E-state index contributed by atoms with van der Waals surface area (Å²) in [5.74, 6) is 1.15. The van der Waals surface area contributed by atoms with Crippen molar-refractivity contribution in [2.24, 2.45) is 0 Å². The summed E-state index contributed by atoms with van der Waals surface area (Å²) in [5, 5.41) is 3.45. The van der Waals surface area contributed by atoms with Crippen LogP contribution in [0.25, 0.3) is 10.2 Å². The largest absolute Gasteiger partial charge is 0.468 e. The molecule has 0 radical (unpaired) electrons. The average molecular weight is 437 g/mol. The van der Waals surface area contributed by atoms with Gasteiger partial charge in [-0.1, -0.05) is 30.3 Å². The van der Waals surface area contributed by atoms with Gasteiger partial charge in [-0.05, 0) is 44.3 Å². The van der Waals surface area contributed by atoms with Gasteiger partial charge in [0, 0.05) is 13.0 Å². The van der Waals surface area contributed by atoms with E-state index in [0.29, 0.717) is 39.4 Å². The number of nitrogens with zero attached hydrogens (tertiary/aromatic N) is 2. The molecule has 4 rings (SSSR count). The molecule has 3 aromatic heterocycles. The van der Waals surface area contributed by atoms with Crippen molar-refractivity contribution in [1.29, 1.82) is 0 Å². The first-order valence-electron chi connectivity index (χ1n) is 9.98. The molecule has 0 spiro atoms. The van der Waals surface area contributed by atoms with E-state index in [2.05, 4.69) is 15.3 Å². The summed E-state index contributed by atoms with van der Waals surface area (Å²) in [6.07, 6.45) is 2.15. The Balaban J connectivity index is 1.57. The highest BCUT2D eigenvalue weighted by Gasteiger charge is 2.22. The van der Waals surface area contributed by atoms with Gasteiger partial charge in [-0.25, -0.2) is 4.98 Å². The van der Waals surface area contributed by atoms with Gasteiger partial charge in [-0.3, -0.25) is 14.5 Å². The van der Waals surface area contributed by atoms with Gasteiger partial charge in [0.25, 0.3) is 11.5 Å². The van der Waals surface area contributed by atoms with Crippen LogP contribution in [0.3, 0.4) is 0 Å². The van der Waals surface area contributed by atoms with Gasteiger partial charge in [0.15, 0.2) is 0 Å². The molecule has 0 saturated carbocycles. The average Bonchev–Trinajstić information content (AvgIpc) is 3.37. The smallest absolute Gasteiger partial charge is 0.261 e. The number of thiophene rings is 1. The first kappa shape index (κ1) is 21.0. The molecule has 0 unspecified atom stereocenters. The number of aryl methyl sites for hydroxylation is 1. The number of hydrogen-bond donors (Lipinski definition) is 2. The number of carbonyl (C=O) groups excluding carboxylic acids is 1. The molecule has 2 N–H and O–H groups in total. The number of amides is 1. The third-order valence-electron chi connectivity index (χ3n) is 5.22. The molecule has 0 aliphatic carbocycles. The van der Waals surface area contributed by atoms with E-state index < -0.39 is 0 Å². The number of likely N-dealkylation sites (N-methyl/N-ethyl adjacent to an activating group) is 1. The van der Waals surface area contributed by atoms with Crippen LogP contribution in [0.2, 0.25) is 0 Å². The Hall–Kier alpha value is -3.23. The molecule has 0 saturated heterocycles. The van der Waals surface area contributed by atoms with Crippen molar-refractivity contribution in [3.8, 4) is 0 Å². The normalized spacial score (nSPS) is 12.4. The van der Waals surface area contributed by atoms with Crippen LogP contribution in [0, 0.1) is 6.92 Å². The number of rotatable bonds is 7. The summed E-state index contributed by atoms with van der Waals surface area (Å²) in [6.45, 7) is 2.17. The standard InChI is InChI=1S/C23H24N4O3S/c1-14-19-21(28)25-18(12-15-8-5-4-6-9-15)26-23(19)31-20(14)22(29)24-13-16(27(2)3)17-10-7-11-30-17/h4-11,16H,12-13H2,1-3H3,(H,24,29)(H,25,26,28)/t16-/m1/s1. The van der Waals surface area contributed by atoms with Crippen LogP contribution < -0.4 is 10.9 Å². The predicted molar refractivity (Wildman–Crippen MR) is 122 cm³/mol. The van der Waals surface area contributed by atoms with Crippen LogP contribution in [-0.2, 0) is 6.42 Å². The van der Waals surface area contributed by atoms with Crippen molar-refractivity contribution >= 4 is 27.5 Å². The Morgan fingerprint density at radius 2 is 2.00 bits per heavy atom. The van der Waals surface area contributed by atoms with Crippen LogP contribution in [0.1, 0.15) is 38.4 Å². The molecule has 0 aliphatic rings. The fourth-order valence-electron chi connectivity index (χ4n) is 3.57. The third-order valence-corrected chi connectivity index (χ3v) is 6.41. The Kier molecular flexibility index (Phi) is 6.01. The second kappa shape index (κ2) is 8.87. The van der Waals surface area contributed by atoms with E-state index in [1.807, 2.05) is 61.5 Å². The quantitative estimate of drug-likeness (QED) is 0.463. The number of furan rings is 1. The van der Waals surface area contributed by atoms with Crippen molar-refractivity contribution in [3.63, 3.8) is 0 Å². The maximum absolute atomic E-state index is 12.9. The lowest BCUT2D eigenvalue weighted by Crippen LogP contribution is -2.34. The highest BCUT2D eigenvalue weighted by Crippen LogP contribution is 2.27. The Morgan fingerprint density at radius 3 is 2.68 bits per heavy atom. The molecule has 160 valence electrons. The minimum atomic E-state index is -0.220. The van der Waals surface area contributed by atoms with E-state index in [0.717, 1.165) is 11.3 Å². The zero-order chi connectivity index (χ0) is 22.0. The summed E-state index contributed by atoms with van der Waals surface area (Å²) in [6, 6.07) is 13.5. The number of hydrogen-bond acceptors (Lipinski definition) is 6. The molecule has 1 atom stereocenters. The first-order valence-corrected chi connectivity index (χ1v) is 10.8. The summed E-state index contributed by atoms with van der Waals surface area (Å²) in [7, 11) is 3.86. The molecule has 1 aromatic carbocycles. The van der Waals surface area contributed by atoms with Crippen molar-refractivity contribution in [2.75, 3.05) is 20.6 Å². The lowest BCUT2D eigenvalue weighted by Gasteiger charge is -2.22. The van der Waals surface area contributed by atoms with Gasteiger partial charge in [0.1, 0.15) is 16.4 Å². The number of benzene rings is 1. The van der Waals surface area contributed by atoms with Gasteiger partial charge < -0.3 is 14.7 Å². The summed E-state index contributed by atoms with van der Waals surface area (Å²) < 4.78 is 5.50. The summed E-state index contributed by atoms with van der Waals surface area (Å²) >= 11 is 1.25. The second-order valence-electron chi connectivity index (χ2n) is 7.62. The van der Waals surface area contributed by atoms with E-state index in [-0.39, 0.29) is 17.5 Å². The van der Waals surface area contributed by atoms with Crippen LogP contribution in [0.15, 0.2) is 57.9 Å². The van der Waals surface area contributed by atoms with Crippen molar-refractivity contribution in [1.82, 2.24) is 20.2 Å². The maximum atomic E-state index is 12.9. The van der Waals surface area contributed by atoms with Crippen molar-refractivity contribution in [3.05, 3.63) is 86.7 Å². The van der Waals surface area contributed by atoms with Crippen molar-refractivity contribution in [2.45, 2.75) is 19.4 Å². The Morgan fingerprint density at radius 1 is 1.23 bits per heavy atom. The molecule has 0 fully saturated rings. The lowest BCUT2D eigenvalue weighted by atomic mass is 10.1. The van der Waals surface area contributed by atoms with Gasteiger partial charge >= 0.3 is 0 Å². The van der Waals surface area contributed by atoms with E-state index in [1.165, 1.54) is 11.3 Å². The van der Waals surface area contributed by atoms with Crippen molar-refractivity contribution < 1.29 is 9.21 Å². The van der Waals surface area contributed by atoms with E-state index >= 15 is 0 Å². The molecular formula is C23H24N4O3S. The topological polar surface area (TPSA) is 91.2 Å². The van der Waals surface area contributed by atoms with Crippen LogP contribution in [-0.4, -0.2) is 41.4 Å². The van der Waals surface area contributed by atoms with E-state index in [1.54, 1.807) is 13.2 Å². The van der Waals surface area contributed by atoms with Crippen LogP contribution >= 0.6 is 11.3 Å². The summed E-state index contributed by atoms with van der Waals surface area (Å²) in [4.78, 5) is 36.2. The van der Waals surface area contributed by atoms with E-state index in [4.69, 9.17) is 4.42 Å². The minimum absolute atomic E-state index is 0.0902. The second-order valence-corrected chi connectivity index (χ2v) is 8.62. The third kappa shape index (κ3) is 4.45. The number of aromatic nitrogens is 2. The van der Waals surface area contributed by atoms with Gasteiger partial charge in [0.05, 0.1) is 22.6 Å². The number of carbonyl (C=O) groups is 1. The molecule has 0 aliphatic heterocycles. The fraction of sp³-hybridized carbons (Fsp3) is 0.261. The van der Waals surface area contributed by atoms with Crippen LogP contribution in [0.5, 0.6) is 0 Å². The number of fused-ring (bicyclic) bond motifs is 1. The molecule has 8 heteroatoms. The van der Waals surface area contributed by atoms with E-state index in [9.17, 15) is 9.59 Å². The van der Waals surface area contributed by atoms with Gasteiger partial charge in [0.2, 0.25) is 0 Å². The molecule has 31 heavy (non-hydrogen) atoms. The Bertz CT molecular complexity index is 1240. The van der Waals surface area contributed by atoms with Gasteiger partial charge in [-0.2, -0.15) is 0 Å². The molecule has 4 aromatic rings. The molecule has 3 heterocycles. The Labute approximate surface area is 183 Å². The zero-order valence-corrected chi connectivity index (χ0v) is 18.5. The highest BCUT2D eigenvalue weighted by atomic mass is 32.1. The zero-order valence-electron chi connectivity index (χ0n) is 17.6. The maximum Gasteiger partial charge on any atom is 0.261 e. The number of nitrogens with one attached hydrogen (secondary N) is 2. The molecule has 0 bridgehead atoms. The molecular weight excluding hydrogens is 412 g/mol. The number of H-pyrrole nitrogens is 1. The minimum Gasteiger partial charge on any atom is -0.468 e. The lowest BCUT2D eigenvalue weighted by molar-refractivity contribution is 0.0942. The highest BCUT2D eigenvalue weighted by molar-refractivity contribution is 7.20. The summed E-state index contributed by atoms with van der Waals surface area (Å²) in [5.41, 5.74) is 1.49. The first-order chi connectivity index (χ1) is 14.9. The predicted octanol–water partition coefficient (Wildman–Crippen LogP) is 3.51. The number of aromatic amines is 1. The van der Waals surface area contributed by atoms with Crippen LogP contribution in [0.4, 0.5) is 0 Å². The SMILES string of the molecule is Cc1c(C(=O)NC[C@H](c2ccco2)N(C)C)sc2nc(Cc3ccccc3)[nH]c(=O)c12. The fourth-order valence-corrected chi connectivity index (χ4v) is 4.68. The van der Waals surface area contributed by atoms with Gasteiger partial charge in [-0.15, -0.1) is 11.3 Å². The molecule has 7 nitrogen and oxygen atoms in total. The molecule has 1 amide bonds. The monoisotopic (exact) mass is 436 g/mol.